The molecule has 0 aromatic carbocycles. The van der Waals surface area contributed by atoms with Gasteiger partial charge in [-0.25, -0.2) is 18.4 Å². The van der Waals surface area contributed by atoms with Crippen LogP contribution in [-0.4, -0.2) is 65.2 Å². The molecule has 1 aliphatic heterocycles. The molecule has 1 fully saturated rings. The van der Waals surface area contributed by atoms with Crippen molar-refractivity contribution in [2.75, 3.05) is 30.9 Å². The van der Waals surface area contributed by atoms with Gasteiger partial charge in [0.15, 0.2) is 9.84 Å². The fourth-order valence-corrected chi connectivity index (χ4v) is 5.28. The highest BCUT2D eigenvalue weighted by molar-refractivity contribution is 7.90. The Bertz CT molecular complexity index is 1870. The van der Waals surface area contributed by atoms with E-state index in [1.165, 1.54) is 18.5 Å². The Morgan fingerprint density at radius 1 is 1.00 bits per heavy atom. The summed E-state index contributed by atoms with van der Waals surface area (Å²) in [4.78, 5) is 37.1. The Kier molecular flexibility index (Phi) is 7.55. The summed E-state index contributed by atoms with van der Waals surface area (Å²) in [5.41, 5.74) is 3.95. The SMILES string of the molecule is CS(=O)(=O)c1cncc(C(=O)NCc2cc3nc(-c4cccc(N5CCOC(c6cccnc6)C5)n4)ccc3cn2)c1. The number of aromatic nitrogens is 5. The second-order valence-corrected chi connectivity index (χ2v) is 11.9. The Hall–Kier alpha value is -4.81. The molecule has 11 nitrogen and oxygen atoms in total. The van der Waals surface area contributed by atoms with Crippen LogP contribution in [0.4, 0.5) is 5.82 Å². The molecule has 5 aromatic heterocycles. The van der Waals surface area contributed by atoms with Crippen molar-refractivity contribution in [3.8, 4) is 11.4 Å². The fraction of sp³-hybridized carbons (Fsp3) is 0.200. The maximum Gasteiger partial charge on any atom is 0.253 e. The van der Waals surface area contributed by atoms with Crippen LogP contribution in [0.5, 0.6) is 0 Å². The van der Waals surface area contributed by atoms with Gasteiger partial charge < -0.3 is 15.0 Å². The van der Waals surface area contributed by atoms with Crippen LogP contribution in [0.15, 0.2) is 90.5 Å². The molecule has 12 heteroatoms. The molecule has 1 atom stereocenters. The van der Waals surface area contributed by atoms with Gasteiger partial charge in [-0.1, -0.05) is 12.1 Å². The maximum atomic E-state index is 12.7. The molecule has 6 heterocycles. The smallest absolute Gasteiger partial charge is 0.253 e. The summed E-state index contributed by atoms with van der Waals surface area (Å²) < 4.78 is 29.6. The van der Waals surface area contributed by atoms with E-state index in [9.17, 15) is 13.2 Å². The van der Waals surface area contributed by atoms with Crippen molar-refractivity contribution < 1.29 is 17.9 Å². The van der Waals surface area contributed by atoms with Crippen LogP contribution in [-0.2, 0) is 21.1 Å². The van der Waals surface area contributed by atoms with E-state index >= 15 is 0 Å². The Morgan fingerprint density at radius 2 is 1.88 bits per heavy atom. The normalized spacial score (nSPS) is 15.5. The molecular formula is C30H27N7O4S. The third-order valence-electron chi connectivity index (χ3n) is 6.91. The Labute approximate surface area is 242 Å². The second kappa shape index (κ2) is 11.6. The van der Waals surface area contributed by atoms with Crippen LogP contribution in [0.25, 0.3) is 22.3 Å². The number of anilines is 1. The molecule has 0 bridgehead atoms. The van der Waals surface area contributed by atoms with Gasteiger partial charge in [0.05, 0.1) is 46.2 Å². The number of morpholine rings is 1. The molecule has 1 saturated heterocycles. The van der Waals surface area contributed by atoms with Gasteiger partial charge >= 0.3 is 0 Å². The van der Waals surface area contributed by atoms with Crippen molar-refractivity contribution in [2.45, 2.75) is 17.5 Å². The van der Waals surface area contributed by atoms with Gasteiger partial charge in [-0.05, 0) is 42.5 Å². The number of nitrogens with zero attached hydrogens (tertiary/aromatic N) is 6. The minimum atomic E-state index is -3.48. The van der Waals surface area contributed by atoms with E-state index in [-0.39, 0.29) is 23.1 Å². The lowest BCUT2D eigenvalue weighted by Crippen LogP contribution is -2.38. The van der Waals surface area contributed by atoms with Crippen molar-refractivity contribution >= 4 is 32.5 Å². The van der Waals surface area contributed by atoms with Crippen molar-refractivity contribution in [1.29, 1.82) is 0 Å². The molecule has 1 N–H and O–H groups in total. The van der Waals surface area contributed by atoms with E-state index in [1.807, 2.05) is 54.7 Å². The molecule has 0 radical (unpaired) electrons. The Balaban J connectivity index is 1.18. The first-order valence-corrected chi connectivity index (χ1v) is 15.2. The van der Waals surface area contributed by atoms with Crippen LogP contribution in [0.2, 0.25) is 0 Å². The highest BCUT2D eigenvalue weighted by Crippen LogP contribution is 2.27. The van der Waals surface area contributed by atoms with Gasteiger partial charge in [0.1, 0.15) is 11.9 Å². The number of ether oxygens (including phenoxy) is 1. The van der Waals surface area contributed by atoms with Crippen LogP contribution < -0.4 is 10.2 Å². The molecule has 6 rings (SSSR count). The van der Waals surface area contributed by atoms with Gasteiger partial charge in [0.25, 0.3) is 5.91 Å². The number of carbonyl (C=O) groups is 1. The average molecular weight is 582 g/mol. The zero-order chi connectivity index (χ0) is 29.1. The van der Waals surface area contributed by atoms with Crippen LogP contribution >= 0.6 is 0 Å². The molecule has 5 aromatic rings. The zero-order valence-electron chi connectivity index (χ0n) is 22.7. The van der Waals surface area contributed by atoms with E-state index in [2.05, 4.69) is 25.2 Å². The Morgan fingerprint density at radius 3 is 2.71 bits per heavy atom. The van der Waals surface area contributed by atoms with Crippen molar-refractivity contribution in [3.05, 3.63) is 102 Å². The van der Waals surface area contributed by atoms with E-state index in [0.717, 1.165) is 35.3 Å². The van der Waals surface area contributed by atoms with Crippen molar-refractivity contribution in [3.63, 3.8) is 0 Å². The van der Waals surface area contributed by atoms with Crippen molar-refractivity contribution in [1.82, 2.24) is 30.2 Å². The monoisotopic (exact) mass is 581 g/mol. The van der Waals surface area contributed by atoms with Crippen molar-refractivity contribution in [2.24, 2.45) is 0 Å². The zero-order valence-corrected chi connectivity index (χ0v) is 23.5. The number of carbonyl (C=O) groups excluding carboxylic acids is 1. The molecule has 1 amide bonds. The topological polar surface area (TPSA) is 140 Å². The standard InChI is InChI=1S/C30H27N7O4S/c1-42(39,40)24-12-22(15-32-18-24)30(38)34-17-23-13-27-20(16-33-23)7-8-26(35-27)25-5-2-6-29(36-25)37-10-11-41-28(19-37)21-4-3-9-31-14-21/h2-9,12-16,18,28H,10-11,17,19H2,1H3,(H,34,38). The molecular weight excluding hydrogens is 554 g/mol. The first kappa shape index (κ1) is 27.4. The summed E-state index contributed by atoms with van der Waals surface area (Å²) in [6, 6.07) is 16.8. The predicted octanol–water partition coefficient (Wildman–Crippen LogP) is 3.39. The summed E-state index contributed by atoms with van der Waals surface area (Å²) in [5, 5.41) is 3.62. The van der Waals surface area contributed by atoms with E-state index < -0.39 is 15.7 Å². The van der Waals surface area contributed by atoms with Crippen LogP contribution in [0.3, 0.4) is 0 Å². The van der Waals surface area contributed by atoms with Gasteiger partial charge in [0, 0.05) is 61.3 Å². The molecule has 1 aliphatic rings. The summed E-state index contributed by atoms with van der Waals surface area (Å²) in [6.45, 7) is 2.12. The van der Waals surface area contributed by atoms with E-state index in [4.69, 9.17) is 14.7 Å². The molecule has 212 valence electrons. The lowest BCUT2D eigenvalue weighted by atomic mass is 10.1. The average Bonchev–Trinajstić information content (AvgIpc) is 3.03. The number of fused-ring (bicyclic) bond motifs is 1. The minimum Gasteiger partial charge on any atom is -0.370 e. The molecule has 1 unspecified atom stereocenters. The second-order valence-electron chi connectivity index (χ2n) is 9.90. The quantitative estimate of drug-likeness (QED) is 0.304. The van der Waals surface area contributed by atoms with Gasteiger partial charge in [-0.2, -0.15) is 0 Å². The number of sulfone groups is 1. The van der Waals surface area contributed by atoms with E-state index in [1.54, 1.807) is 12.4 Å². The summed E-state index contributed by atoms with van der Waals surface area (Å²) in [6.07, 6.45) is 8.81. The van der Waals surface area contributed by atoms with Gasteiger partial charge in [0.2, 0.25) is 0 Å². The molecule has 0 aliphatic carbocycles. The van der Waals surface area contributed by atoms with Gasteiger partial charge in [-0.3, -0.25) is 19.7 Å². The summed E-state index contributed by atoms with van der Waals surface area (Å²) in [5.74, 6) is 0.394. The highest BCUT2D eigenvalue weighted by Gasteiger charge is 2.23. The number of pyridine rings is 5. The predicted molar refractivity (Wildman–Crippen MR) is 156 cm³/mol. The third kappa shape index (κ3) is 6.09. The van der Waals surface area contributed by atoms with Gasteiger partial charge in [-0.15, -0.1) is 0 Å². The first-order valence-electron chi connectivity index (χ1n) is 13.3. The highest BCUT2D eigenvalue weighted by atomic mass is 32.2. The molecule has 0 spiro atoms. The molecule has 42 heavy (non-hydrogen) atoms. The maximum absolute atomic E-state index is 12.7. The summed E-state index contributed by atoms with van der Waals surface area (Å²) >= 11 is 0. The first-order chi connectivity index (χ1) is 20.3. The lowest BCUT2D eigenvalue weighted by molar-refractivity contribution is 0.0393. The third-order valence-corrected chi connectivity index (χ3v) is 7.99. The van der Waals surface area contributed by atoms with Crippen LogP contribution in [0.1, 0.15) is 27.7 Å². The number of rotatable bonds is 7. The minimum absolute atomic E-state index is 0.0182. The number of amides is 1. The lowest BCUT2D eigenvalue weighted by Gasteiger charge is -2.34. The van der Waals surface area contributed by atoms with E-state index in [0.29, 0.717) is 30.1 Å². The fourth-order valence-electron chi connectivity index (χ4n) is 4.68. The largest absolute Gasteiger partial charge is 0.370 e. The van der Waals surface area contributed by atoms with Crippen LogP contribution in [0, 0.1) is 0 Å². The summed E-state index contributed by atoms with van der Waals surface area (Å²) in [7, 11) is -3.48. The number of hydrogen-bond donors (Lipinski definition) is 1. The number of nitrogens with one attached hydrogen (secondary N) is 1. The molecule has 0 saturated carbocycles. The number of hydrogen-bond acceptors (Lipinski definition) is 10.